The van der Waals surface area contributed by atoms with E-state index in [1.54, 1.807) is 40.7 Å². The predicted molar refractivity (Wildman–Crippen MR) is 126 cm³/mol. The highest BCUT2D eigenvalue weighted by atomic mass is 32.1. The molecule has 0 saturated carbocycles. The number of hydrogen-bond acceptors (Lipinski definition) is 8. The van der Waals surface area contributed by atoms with Gasteiger partial charge in [0.2, 0.25) is 6.10 Å². The maximum absolute atomic E-state index is 13.4. The number of rotatable bonds is 7. The molecule has 2 atom stereocenters. The zero-order chi connectivity index (χ0) is 24.4. The van der Waals surface area contributed by atoms with E-state index in [1.165, 1.54) is 17.6 Å². The Labute approximate surface area is 206 Å². The van der Waals surface area contributed by atoms with E-state index >= 15 is 0 Å². The Kier molecular flexibility index (Phi) is 6.42. The number of amides is 2. The summed E-state index contributed by atoms with van der Waals surface area (Å²) in [6.07, 6.45) is 2.06. The van der Waals surface area contributed by atoms with Gasteiger partial charge in [-0.1, -0.05) is 0 Å². The molecule has 2 aromatic heterocycles. The van der Waals surface area contributed by atoms with Crippen molar-refractivity contribution >= 4 is 23.2 Å². The Morgan fingerprint density at radius 3 is 2.77 bits per heavy atom. The fourth-order valence-corrected chi connectivity index (χ4v) is 5.24. The molecule has 35 heavy (non-hydrogen) atoms. The SMILES string of the molecule is CCOc1cc(C#N)ccc1O[C@H]1C(=O)N(C2CCN(C(=O)c3ccco3)CC2)[C@H]1c1cscn1. The van der Waals surface area contributed by atoms with Crippen LogP contribution in [0.2, 0.25) is 0 Å². The maximum Gasteiger partial charge on any atom is 0.289 e. The predicted octanol–water partition coefficient (Wildman–Crippen LogP) is 3.64. The first-order chi connectivity index (χ1) is 17.1. The molecular formula is C25H24N4O5S. The average molecular weight is 493 g/mol. The topological polar surface area (TPSA) is 109 Å². The van der Waals surface area contributed by atoms with Gasteiger partial charge in [0.1, 0.15) is 6.04 Å². The van der Waals surface area contributed by atoms with E-state index in [0.29, 0.717) is 55.4 Å². The summed E-state index contributed by atoms with van der Waals surface area (Å²) in [5, 5.41) is 11.1. The number of furan rings is 1. The van der Waals surface area contributed by atoms with Crippen LogP contribution < -0.4 is 9.47 Å². The first kappa shape index (κ1) is 22.9. The van der Waals surface area contributed by atoms with E-state index in [9.17, 15) is 14.9 Å². The Hall–Kier alpha value is -3.84. The molecule has 4 heterocycles. The molecule has 0 N–H and O–H groups in total. The quantitative estimate of drug-likeness (QED) is 0.463. The summed E-state index contributed by atoms with van der Waals surface area (Å²) >= 11 is 1.47. The van der Waals surface area contributed by atoms with E-state index in [4.69, 9.17) is 13.9 Å². The Morgan fingerprint density at radius 1 is 1.29 bits per heavy atom. The van der Waals surface area contributed by atoms with Crippen LogP contribution >= 0.6 is 11.3 Å². The van der Waals surface area contributed by atoms with Crippen LogP contribution in [-0.2, 0) is 4.79 Å². The molecule has 3 aromatic rings. The van der Waals surface area contributed by atoms with Crippen LogP contribution in [0, 0.1) is 11.3 Å². The zero-order valence-electron chi connectivity index (χ0n) is 19.1. The second kappa shape index (κ2) is 9.80. The van der Waals surface area contributed by atoms with Gasteiger partial charge in [-0.05, 0) is 44.0 Å². The highest BCUT2D eigenvalue weighted by Crippen LogP contribution is 2.43. The van der Waals surface area contributed by atoms with Crippen LogP contribution in [-0.4, -0.2) is 58.4 Å². The summed E-state index contributed by atoms with van der Waals surface area (Å²) in [6.45, 7) is 3.32. The summed E-state index contributed by atoms with van der Waals surface area (Å²) in [6, 6.07) is 10.0. The van der Waals surface area contributed by atoms with E-state index in [-0.39, 0.29) is 23.9 Å². The van der Waals surface area contributed by atoms with Crippen molar-refractivity contribution in [1.82, 2.24) is 14.8 Å². The highest BCUT2D eigenvalue weighted by molar-refractivity contribution is 7.07. The van der Waals surface area contributed by atoms with Gasteiger partial charge in [-0.25, -0.2) is 4.98 Å². The van der Waals surface area contributed by atoms with Crippen LogP contribution in [0.25, 0.3) is 0 Å². The number of piperidine rings is 1. The van der Waals surface area contributed by atoms with Gasteiger partial charge in [0, 0.05) is 30.6 Å². The molecule has 0 bridgehead atoms. The minimum Gasteiger partial charge on any atom is -0.490 e. The van der Waals surface area contributed by atoms with Crippen molar-refractivity contribution in [2.75, 3.05) is 19.7 Å². The number of benzene rings is 1. The van der Waals surface area contributed by atoms with Gasteiger partial charge in [-0.3, -0.25) is 9.59 Å². The number of aromatic nitrogens is 1. The van der Waals surface area contributed by atoms with Gasteiger partial charge >= 0.3 is 0 Å². The van der Waals surface area contributed by atoms with Gasteiger partial charge in [0.05, 0.1) is 35.7 Å². The van der Waals surface area contributed by atoms with Crippen LogP contribution in [0.5, 0.6) is 11.5 Å². The van der Waals surface area contributed by atoms with Crippen molar-refractivity contribution in [1.29, 1.82) is 5.26 Å². The standard InChI is InChI=1S/C25H24N4O5S/c1-2-32-21-12-16(13-26)5-6-19(21)34-23-22(18-14-35-15-27-18)29(25(23)31)17-7-9-28(10-8-17)24(30)20-4-3-11-33-20/h3-6,11-12,14-15,17,22-23H,2,7-10H2,1H3/t22-,23+/m0/s1. The number of nitrogens with zero attached hydrogens (tertiary/aromatic N) is 4. The summed E-state index contributed by atoms with van der Waals surface area (Å²) in [5.41, 5.74) is 2.97. The van der Waals surface area contributed by atoms with Crippen LogP contribution in [0.3, 0.4) is 0 Å². The summed E-state index contributed by atoms with van der Waals surface area (Å²) in [7, 11) is 0. The molecule has 2 saturated heterocycles. The first-order valence-electron chi connectivity index (χ1n) is 11.5. The fraction of sp³-hybridized carbons (Fsp3) is 0.360. The molecule has 0 radical (unpaired) electrons. The molecule has 2 aliphatic heterocycles. The molecule has 2 amide bonds. The van der Waals surface area contributed by atoms with Gasteiger partial charge in [0.25, 0.3) is 11.8 Å². The van der Waals surface area contributed by atoms with Crippen molar-refractivity contribution in [3.8, 4) is 17.6 Å². The van der Waals surface area contributed by atoms with E-state index in [2.05, 4.69) is 11.1 Å². The number of thiazole rings is 1. The highest BCUT2D eigenvalue weighted by Gasteiger charge is 2.54. The summed E-state index contributed by atoms with van der Waals surface area (Å²) < 4.78 is 17.1. The Bertz CT molecular complexity index is 1230. The number of β-lactam (4-membered cyclic amide) rings is 1. The Morgan fingerprint density at radius 2 is 2.11 bits per heavy atom. The maximum atomic E-state index is 13.4. The smallest absolute Gasteiger partial charge is 0.289 e. The first-order valence-corrected chi connectivity index (χ1v) is 12.4. The molecule has 180 valence electrons. The third-order valence-corrected chi connectivity index (χ3v) is 6.95. The van der Waals surface area contributed by atoms with Crippen LogP contribution in [0.4, 0.5) is 0 Å². The second-order valence-electron chi connectivity index (χ2n) is 8.35. The lowest BCUT2D eigenvalue weighted by Crippen LogP contribution is -2.66. The van der Waals surface area contributed by atoms with Gasteiger partial charge in [0.15, 0.2) is 17.3 Å². The minimum atomic E-state index is -0.743. The molecule has 2 aliphatic rings. The molecule has 10 heteroatoms. The molecule has 0 spiro atoms. The van der Waals surface area contributed by atoms with Gasteiger partial charge < -0.3 is 23.7 Å². The summed E-state index contributed by atoms with van der Waals surface area (Å²) in [5.74, 6) is 0.919. The van der Waals surface area contributed by atoms with Crippen molar-refractivity contribution in [3.05, 3.63) is 64.5 Å². The van der Waals surface area contributed by atoms with Crippen molar-refractivity contribution in [2.45, 2.75) is 38.0 Å². The lowest BCUT2D eigenvalue weighted by molar-refractivity contribution is -0.171. The number of likely N-dealkylation sites (tertiary alicyclic amines) is 2. The molecule has 5 rings (SSSR count). The van der Waals surface area contributed by atoms with E-state index in [1.807, 2.05) is 17.2 Å². The number of ether oxygens (including phenoxy) is 2. The fourth-order valence-electron chi connectivity index (χ4n) is 4.65. The average Bonchev–Trinajstić information content (AvgIpc) is 3.61. The molecule has 0 unspecified atom stereocenters. The minimum absolute atomic E-state index is 0.0259. The third kappa shape index (κ3) is 4.35. The van der Waals surface area contributed by atoms with Crippen molar-refractivity contribution < 1.29 is 23.5 Å². The lowest BCUT2D eigenvalue weighted by atomic mass is 9.89. The van der Waals surface area contributed by atoms with Gasteiger partial charge in [-0.2, -0.15) is 5.26 Å². The molecule has 2 fully saturated rings. The summed E-state index contributed by atoms with van der Waals surface area (Å²) in [4.78, 5) is 34.0. The normalized spacial score (nSPS) is 20.3. The Balaban J connectivity index is 1.32. The molecule has 0 aliphatic carbocycles. The number of carbonyl (C=O) groups is 2. The number of carbonyl (C=O) groups excluding carboxylic acids is 2. The second-order valence-corrected chi connectivity index (χ2v) is 9.07. The lowest BCUT2D eigenvalue weighted by Gasteiger charge is -2.51. The van der Waals surface area contributed by atoms with E-state index < -0.39 is 6.10 Å². The van der Waals surface area contributed by atoms with Crippen molar-refractivity contribution in [3.63, 3.8) is 0 Å². The molecule has 9 nitrogen and oxygen atoms in total. The largest absolute Gasteiger partial charge is 0.490 e. The molecular weight excluding hydrogens is 468 g/mol. The van der Waals surface area contributed by atoms with Gasteiger partial charge in [-0.15, -0.1) is 11.3 Å². The van der Waals surface area contributed by atoms with Crippen LogP contribution in [0.15, 0.2) is 51.9 Å². The number of nitriles is 1. The van der Waals surface area contributed by atoms with Crippen LogP contribution in [0.1, 0.15) is 47.6 Å². The zero-order valence-corrected chi connectivity index (χ0v) is 19.9. The number of hydrogen-bond donors (Lipinski definition) is 0. The monoisotopic (exact) mass is 492 g/mol. The van der Waals surface area contributed by atoms with E-state index in [0.717, 1.165) is 5.69 Å². The molecule has 1 aromatic carbocycles. The van der Waals surface area contributed by atoms with Crippen molar-refractivity contribution in [2.24, 2.45) is 0 Å². The third-order valence-electron chi connectivity index (χ3n) is 6.34.